The standard InChI is InChI=1S/C26H32N2O2/c1-25-12-10-18(30)14-17(25)6-7-19-20(25)11-13-26(15-29)21(19)8-9-24(26)28-16-27-22-4-2-3-5-23(22)28/h2-6,9,16,18-21,29-30H,7-8,10-15H2,1H3/t18-,19?,20?,21?,25-,26+/m0/s1. The number of hydrogen-bond donors (Lipinski definition) is 2. The fourth-order valence-corrected chi connectivity index (χ4v) is 7.78. The predicted octanol–water partition coefficient (Wildman–Crippen LogP) is 4.78. The van der Waals surface area contributed by atoms with Crippen molar-refractivity contribution in [3.05, 3.63) is 48.3 Å². The first-order valence-electron chi connectivity index (χ1n) is 11.7. The Bertz CT molecular complexity index is 1050. The molecule has 2 saturated carbocycles. The van der Waals surface area contributed by atoms with Crippen LogP contribution in [0, 0.1) is 28.6 Å². The zero-order valence-electron chi connectivity index (χ0n) is 17.8. The highest BCUT2D eigenvalue weighted by Crippen LogP contribution is 2.65. The normalized spacial score (nSPS) is 40.4. The Hall–Kier alpha value is -1.91. The molecule has 0 bridgehead atoms. The molecule has 0 saturated heterocycles. The molecule has 4 aliphatic carbocycles. The Morgan fingerprint density at radius 3 is 2.83 bits per heavy atom. The van der Waals surface area contributed by atoms with Gasteiger partial charge in [-0.3, -0.25) is 0 Å². The first-order valence-corrected chi connectivity index (χ1v) is 11.7. The van der Waals surface area contributed by atoms with Gasteiger partial charge in [-0.2, -0.15) is 0 Å². The van der Waals surface area contributed by atoms with Crippen LogP contribution in [0.3, 0.4) is 0 Å². The van der Waals surface area contributed by atoms with Gasteiger partial charge in [-0.25, -0.2) is 4.98 Å². The van der Waals surface area contributed by atoms with Crippen molar-refractivity contribution < 1.29 is 10.2 Å². The Morgan fingerprint density at radius 1 is 1.10 bits per heavy atom. The largest absolute Gasteiger partial charge is 0.395 e. The molecule has 4 nitrogen and oxygen atoms in total. The van der Waals surface area contributed by atoms with Crippen molar-refractivity contribution in [1.29, 1.82) is 0 Å². The van der Waals surface area contributed by atoms with Crippen LogP contribution in [0.1, 0.15) is 51.9 Å². The monoisotopic (exact) mass is 404 g/mol. The van der Waals surface area contributed by atoms with E-state index in [0.29, 0.717) is 17.8 Å². The van der Waals surface area contributed by atoms with E-state index in [0.717, 1.165) is 56.0 Å². The molecule has 1 heterocycles. The predicted molar refractivity (Wildman–Crippen MR) is 119 cm³/mol. The molecule has 30 heavy (non-hydrogen) atoms. The molecule has 0 radical (unpaired) electrons. The summed E-state index contributed by atoms with van der Waals surface area (Å²) < 4.78 is 2.24. The molecule has 158 valence electrons. The molecular weight excluding hydrogens is 372 g/mol. The number of rotatable bonds is 2. The minimum absolute atomic E-state index is 0.157. The summed E-state index contributed by atoms with van der Waals surface area (Å²) in [5.74, 6) is 1.76. The van der Waals surface area contributed by atoms with Gasteiger partial charge in [0.05, 0.1) is 23.7 Å². The van der Waals surface area contributed by atoms with Gasteiger partial charge >= 0.3 is 0 Å². The van der Waals surface area contributed by atoms with Crippen LogP contribution in [-0.2, 0) is 0 Å². The van der Waals surface area contributed by atoms with Crippen molar-refractivity contribution in [1.82, 2.24) is 9.55 Å². The number of fused-ring (bicyclic) bond motifs is 6. The SMILES string of the molecule is C[C@]12CC[C@H](O)CC1=CCC1C3CC=C(n4cnc5ccccc54)[C@@]3(CO)CCC12. The van der Waals surface area contributed by atoms with E-state index in [4.69, 9.17) is 0 Å². The molecule has 2 fully saturated rings. The topological polar surface area (TPSA) is 58.3 Å². The highest BCUT2D eigenvalue weighted by molar-refractivity contribution is 5.80. The van der Waals surface area contributed by atoms with Crippen molar-refractivity contribution in [3.63, 3.8) is 0 Å². The number of allylic oxidation sites excluding steroid dienone is 2. The van der Waals surface area contributed by atoms with Crippen LogP contribution in [0.15, 0.2) is 48.3 Å². The van der Waals surface area contributed by atoms with Gasteiger partial charge in [-0.05, 0) is 80.2 Å². The van der Waals surface area contributed by atoms with Gasteiger partial charge < -0.3 is 14.8 Å². The van der Waals surface area contributed by atoms with Gasteiger partial charge in [-0.1, -0.05) is 36.8 Å². The van der Waals surface area contributed by atoms with E-state index in [2.05, 4.69) is 46.8 Å². The highest BCUT2D eigenvalue weighted by Gasteiger charge is 2.58. The summed E-state index contributed by atoms with van der Waals surface area (Å²) in [5, 5.41) is 21.0. The Kier molecular flexibility index (Phi) is 4.11. The lowest BCUT2D eigenvalue weighted by Crippen LogP contribution is -2.51. The second-order valence-corrected chi connectivity index (χ2v) is 10.4. The van der Waals surface area contributed by atoms with Gasteiger partial charge in [0, 0.05) is 11.1 Å². The fourth-order valence-electron chi connectivity index (χ4n) is 7.78. The minimum atomic E-state index is -0.166. The quantitative estimate of drug-likeness (QED) is 0.708. The number of nitrogens with zero attached hydrogens (tertiary/aromatic N) is 2. The van der Waals surface area contributed by atoms with Crippen LogP contribution in [0.2, 0.25) is 0 Å². The molecule has 0 amide bonds. The van der Waals surface area contributed by atoms with Gasteiger partial charge in [0.25, 0.3) is 0 Å². The second-order valence-electron chi connectivity index (χ2n) is 10.4. The number of aliphatic hydroxyl groups is 2. The molecular formula is C26H32N2O2. The third-order valence-electron chi connectivity index (χ3n) is 9.36. The zero-order chi connectivity index (χ0) is 20.5. The maximum absolute atomic E-state index is 10.8. The third-order valence-corrected chi connectivity index (χ3v) is 9.36. The first kappa shape index (κ1) is 18.8. The van der Waals surface area contributed by atoms with Crippen molar-refractivity contribution in [3.8, 4) is 0 Å². The van der Waals surface area contributed by atoms with Crippen molar-refractivity contribution >= 4 is 16.7 Å². The maximum Gasteiger partial charge on any atom is 0.100 e. The van der Waals surface area contributed by atoms with Crippen LogP contribution in [0.5, 0.6) is 0 Å². The summed E-state index contributed by atoms with van der Waals surface area (Å²) in [5.41, 5.74) is 4.99. The van der Waals surface area contributed by atoms with Gasteiger partial charge in [0.2, 0.25) is 0 Å². The van der Waals surface area contributed by atoms with Gasteiger partial charge in [-0.15, -0.1) is 0 Å². The summed E-state index contributed by atoms with van der Waals surface area (Å²) in [6, 6.07) is 8.30. The Balaban J connectivity index is 1.39. The van der Waals surface area contributed by atoms with E-state index in [1.54, 1.807) is 0 Å². The molecule has 1 aromatic carbocycles. The van der Waals surface area contributed by atoms with E-state index in [-0.39, 0.29) is 23.5 Å². The van der Waals surface area contributed by atoms with E-state index < -0.39 is 0 Å². The molecule has 0 aliphatic heterocycles. The minimum Gasteiger partial charge on any atom is -0.395 e. The second kappa shape index (κ2) is 6.54. The lowest BCUT2D eigenvalue weighted by Gasteiger charge is -2.58. The van der Waals surface area contributed by atoms with Crippen molar-refractivity contribution in [2.24, 2.45) is 28.6 Å². The molecule has 6 atom stereocenters. The smallest absolute Gasteiger partial charge is 0.100 e. The summed E-state index contributed by atoms with van der Waals surface area (Å²) in [6.45, 7) is 2.67. The Labute approximate surface area is 178 Å². The maximum atomic E-state index is 10.8. The number of para-hydroxylation sites is 2. The molecule has 0 spiro atoms. The number of hydrogen-bond acceptors (Lipinski definition) is 3. The Morgan fingerprint density at radius 2 is 1.97 bits per heavy atom. The number of aliphatic hydroxyl groups excluding tert-OH is 2. The number of aromatic nitrogens is 2. The van der Waals surface area contributed by atoms with Crippen molar-refractivity contribution in [2.45, 2.75) is 58.0 Å². The summed E-state index contributed by atoms with van der Waals surface area (Å²) in [4.78, 5) is 4.63. The van der Waals surface area contributed by atoms with Crippen molar-refractivity contribution in [2.75, 3.05) is 6.61 Å². The average molecular weight is 405 g/mol. The van der Waals surface area contributed by atoms with E-state index >= 15 is 0 Å². The number of imidazole rings is 1. The average Bonchev–Trinajstić information content (AvgIpc) is 3.35. The third kappa shape index (κ3) is 2.38. The molecule has 4 aliphatic rings. The molecule has 2 N–H and O–H groups in total. The lowest BCUT2D eigenvalue weighted by atomic mass is 9.47. The molecule has 2 aromatic rings. The van der Waals surface area contributed by atoms with Crippen LogP contribution in [0.25, 0.3) is 16.7 Å². The first-order chi connectivity index (χ1) is 14.6. The highest BCUT2D eigenvalue weighted by atomic mass is 16.3. The van der Waals surface area contributed by atoms with Crippen LogP contribution >= 0.6 is 0 Å². The van der Waals surface area contributed by atoms with Crippen LogP contribution in [0.4, 0.5) is 0 Å². The molecule has 3 unspecified atom stereocenters. The summed E-state index contributed by atoms with van der Waals surface area (Å²) in [6.07, 6.45) is 13.9. The number of benzene rings is 1. The van der Waals surface area contributed by atoms with Gasteiger partial charge in [0.15, 0.2) is 0 Å². The fraction of sp³-hybridized carbons (Fsp3) is 0.577. The molecule has 6 rings (SSSR count). The van der Waals surface area contributed by atoms with Crippen LogP contribution < -0.4 is 0 Å². The summed E-state index contributed by atoms with van der Waals surface area (Å²) in [7, 11) is 0. The van der Waals surface area contributed by atoms with Gasteiger partial charge in [0.1, 0.15) is 6.33 Å². The summed E-state index contributed by atoms with van der Waals surface area (Å²) >= 11 is 0. The lowest BCUT2D eigenvalue weighted by molar-refractivity contribution is -0.0475. The molecule has 4 heteroatoms. The van der Waals surface area contributed by atoms with E-state index in [1.807, 2.05) is 12.4 Å². The van der Waals surface area contributed by atoms with Crippen LogP contribution in [-0.4, -0.2) is 32.5 Å². The van der Waals surface area contributed by atoms with E-state index in [9.17, 15) is 10.2 Å². The molecule has 1 aromatic heterocycles. The van der Waals surface area contributed by atoms with E-state index in [1.165, 1.54) is 11.3 Å². The zero-order valence-corrected chi connectivity index (χ0v) is 17.8.